The second-order valence-electron chi connectivity index (χ2n) is 13.0. The first-order valence-corrected chi connectivity index (χ1v) is 16.3. The minimum atomic E-state index is -0.847. The Balaban J connectivity index is 1.39. The van der Waals surface area contributed by atoms with Crippen LogP contribution in [-0.4, -0.2) is 82.3 Å². The lowest BCUT2D eigenvalue weighted by molar-refractivity contribution is -0.146. The largest absolute Gasteiger partial charge is 0.464 e. The minimum absolute atomic E-state index is 0.172. The van der Waals surface area contributed by atoms with E-state index in [2.05, 4.69) is 38.7 Å². The van der Waals surface area contributed by atoms with Crippen LogP contribution >= 0.6 is 0 Å². The average Bonchev–Trinajstić information content (AvgIpc) is 3.72. The summed E-state index contributed by atoms with van der Waals surface area (Å²) in [6.07, 6.45) is 6.15. The minimum Gasteiger partial charge on any atom is -0.464 e. The molecule has 10 nitrogen and oxygen atoms in total. The Morgan fingerprint density at radius 2 is 1.86 bits per heavy atom. The topological polar surface area (TPSA) is 117 Å². The third-order valence-corrected chi connectivity index (χ3v) is 8.58. The smallest absolute Gasteiger partial charge is 0.408 e. The molecule has 4 rings (SSSR count). The van der Waals surface area contributed by atoms with Crippen molar-refractivity contribution in [2.24, 2.45) is 0 Å². The van der Waals surface area contributed by atoms with E-state index < -0.39 is 23.7 Å². The van der Waals surface area contributed by atoms with Crippen molar-refractivity contribution >= 4 is 28.9 Å². The molecule has 2 aliphatic rings. The molecule has 0 saturated carbocycles. The van der Waals surface area contributed by atoms with Gasteiger partial charge in [0.25, 0.3) is 0 Å². The van der Waals surface area contributed by atoms with Gasteiger partial charge in [-0.15, -0.1) is 0 Å². The van der Waals surface area contributed by atoms with Gasteiger partial charge in [0.2, 0.25) is 5.91 Å². The summed E-state index contributed by atoms with van der Waals surface area (Å²) in [5, 5.41) is 13.2. The number of amides is 2. The van der Waals surface area contributed by atoms with Gasteiger partial charge in [0, 0.05) is 36.9 Å². The molecule has 2 saturated heterocycles. The summed E-state index contributed by atoms with van der Waals surface area (Å²) in [5.41, 5.74) is 2.34. The number of likely N-dealkylation sites (tertiary alicyclic amines) is 2. The van der Waals surface area contributed by atoms with Crippen LogP contribution in [0.2, 0.25) is 0 Å². The van der Waals surface area contributed by atoms with Gasteiger partial charge in [-0.25, -0.2) is 9.59 Å². The normalized spacial score (nSPS) is 19.6. The van der Waals surface area contributed by atoms with E-state index in [4.69, 9.17) is 9.47 Å². The number of nitriles is 1. The Labute approximate surface area is 261 Å². The third-order valence-electron chi connectivity index (χ3n) is 8.58. The molecular weight excluding hydrogens is 558 g/mol. The van der Waals surface area contributed by atoms with Crippen LogP contribution in [0.25, 0.3) is 10.9 Å². The molecule has 240 valence electrons. The number of aryl methyl sites for hydroxylation is 2. The van der Waals surface area contributed by atoms with Crippen LogP contribution < -0.4 is 5.32 Å². The Hall–Kier alpha value is -3.58. The van der Waals surface area contributed by atoms with Crippen molar-refractivity contribution in [1.82, 2.24) is 19.7 Å². The van der Waals surface area contributed by atoms with Crippen molar-refractivity contribution in [3.8, 4) is 6.07 Å². The SMILES string of the molecule is CCCn1c(CC[C@@H]2CCCN2C(=O)[C@H]2CCCN2CC[C@H](NC(=O)OC(C)(C)C)C(=O)OCC)cc2ccc(C#N)cc21. The number of nitrogens with zero attached hydrogens (tertiary/aromatic N) is 4. The van der Waals surface area contributed by atoms with E-state index in [1.54, 1.807) is 27.7 Å². The van der Waals surface area contributed by atoms with Crippen molar-refractivity contribution in [3.63, 3.8) is 0 Å². The van der Waals surface area contributed by atoms with Gasteiger partial charge in [-0.3, -0.25) is 9.69 Å². The quantitative estimate of drug-likeness (QED) is 0.332. The fourth-order valence-electron chi connectivity index (χ4n) is 6.62. The highest BCUT2D eigenvalue weighted by Gasteiger charge is 2.38. The fraction of sp³-hybridized carbons (Fsp3) is 0.647. The number of carbonyl (C=O) groups is 3. The number of aromatic nitrogens is 1. The van der Waals surface area contributed by atoms with Crippen LogP contribution in [0.15, 0.2) is 24.3 Å². The molecule has 0 aliphatic carbocycles. The monoisotopic (exact) mass is 607 g/mol. The number of hydrogen-bond acceptors (Lipinski definition) is 7. The van der Waals surface area contributed by atoms with Gasteiger partial charge >= 0.3 is 12.1 Å². The second-order valence-corrected chi connectivity index (χ2v) is 13.0. The molecule has 2 aliphatic heterocycles. The summed E-state index contributed by atoms with van der Waals surface area (Å²) >= 11 is 0. The molecule has 2 aromatic rings. The van der Waals surface area contributed by atoms with Crippen LogP contribution in [0, 0.1) is 11.3 Å². The van der Waals surface area contributed by atoms with E-state index in [0.717, 1.165) is 75.5 Å². The van der Waals surface area contributed by atoms with E-state index in [9.17, 15) is 19.6 Å². The summed E-state index contributed by atoms with van der Waals surface area (Å²) in [5.74, 6) is -0.324. The van der Waals surface area contributed by atoms with Crippen LogP contribution in [-0.2, 0) is 32.0 Å². The predicted molar refractivity (Wildman–Crippen MR) is 169 cm³/mol. The van der Waals surface area contributed by atoms with Crippen LogP contribution in [0.1, 0.15) is 90.8 Å². The van der Waals surface area contributed by atoms with Crippen molar-refractivity contribution in [2.75, 3.05) is 26.2 Å². The van der Waals surface area contributed by atoms with Gasteiger partial charge in [-0.1, -0.05) is 13.0 Å². The number of esters is 1. The molecule has 2 amide bonds. The molecule has 1 aromatic carbocycles. The lowest BCUT2D eigenvalue weighted by Crippen LogP contribution is -2.50. The molecule has 0 unspecified atom stereocenters. The maximum absolute atomic E-state index is 13.9. The fourth-order valence-corrected chi connectivity index (χ4v) is 6.62. The first kappa shape index (κ1) is 33.3. The lowest BCUT2D eigenvalue weighted by Gasteiger charge is -2.32. The lowest BCUT2D eigenvalue weighted by atomic mass is 10.1. The van der Waals surface area contributed by atoms with E-state index in [1.807, 2.05) is 18.2 Å². The van der Waals surface area contributed by atoms with E-state index in [1.165, 1.54) is 5.69 Å². The molecular formula is C34H49N5O5. The van der Waals surface area contributed by atoms with Crippen molar-refractivity contribution in [3.05, 3.63) is 35.5 Å². The van der Waals surface area contributed by atoms with Gasteiger partial charge < -0.3 is 24.3 Å². The Morgan fingerprint density at radius 3 is 2.57 bits per heavy atom. The zero-order chi connectivity index (χ0) is 31.9. The molecule has 1 N–H and O–H groups in total. The molecule has 10 heteroatoms. The Bertz CT molecular complexity index is 1360. The van der Waals surface area contributed by atoms with Gasteiger partial charge in [0.15, 0.2) is 0 Å². The molecule has 2 fully saturated rings. The zero-order valence-electron chi connectivity index (χ0n) is 27.1. The Morgan fingerprint density at radius 1 is 1.09 bits per heavy atom. The van der Waals surface area contributed by atoms with Crippen LogP contribution in [0.3, 0.4) is 0 Å². The zero-order valence-corrected chi connectivity index (χ0v) is 27.1. The van der Waals surface area contributed by atoms with Gasteiger partial charge in [0.05, 0.1) is 24.3 Å². The summed E-state index contributed by atoms with van der Waals surface area (Å²) in [6, 6.07) is 9.48. The predicted octanol–water partition coefficient (Wildman–Crippen LogP) is 5.16. The van der Waals surface area contributed by atoms with Gasteiger partial charge in [0.1, 0.15) is 11.6 Å². The average molecular weight is 608 g/mol. The number of alkyl carbamates (subject to hydrolysis) is 1. The number of benzene rings is 1. The number of rotatable bonds is 12. The summed E-state index contributed by atoms with van der Waals surface area (Å²) < 4.78 is 12.9. The van der Waals surface area contributed by atoms with Gasteiger partial charge in [-0.05, 0) is 109 Å². The second kappa shape index (κ2) is 14.9. The maximum atomic E-state index is 13.9. The van der Waals surface area contributed by atoms with Gasteiger partial charge in [-0.2, -0.15) is 5.26 Å². The highest BCUT2D eigenvalue weighted by atomic mass is 16.6. The molecule has 1 aromatic heterocycles. The van der Waals surface area contributed by atoms with E-state index in [-0.39, 0.29) is 24.6 Å². The number of hydrogen-bond donors (Lipinski definition) is 1. The number of nitrogens with one attached hydrogen (secondary N) is 1. The summed E-state index contributed by atoms with van der Waals surface area (Å²) in [6.45, 7) is 12.4. The first-order valence-electron chi connectivity index (χ1n) is 16.3. The van der Waals surface area contributed by atoms with Crippen molar-refractivity contribution in [2.45, 2.75) is 116 Å². The molecule has 3 heterocycles. The molecule has 44 heavy (non-hydrogen) atoms. The molecule has 0 bridgehead atoms. The summed E-state index contributed by atoms with van der Waals surface area (Å²) in [4.78, 5) is 43.3. The first-order chi connectivity index (χ1) is 21.0. The Kier molecular flexibility index (Phi) is 11.3. The maximum Gasteiger partial charge on any atom is 0.408 e. The summed E-state index contributed by atoms with van der Waals surface area (Å²) in [7, 11) is 0. The third kappa shape index (κ3) is 8.32. The van der Waals surface area contributed by atoms with Crippen LogP contribution in [0.5, 0.6) is 0 Å². The van der Waals surface area contributed by atoms with Crippen LogP contribution in [0.4, 0.5) is 4.79 Å². The number of carbonyl (C=O) groups excluding carboxylic acids is 3. The molecule has 3 atom stereocenters. The molecule has 0 radical (unpaired) electrons. The highest BCUT2D eigenvalue weighted by Crippen LogP contribution is 2.29. The van der Waals surface area contributed by atoms with Crippen molar-refractivity contribution < 1.29 is 23.9 Å². The highest BCUT2D eigenvalue weighted by molar-refractivity contribution is 5.84. The molecule has 0 spiro atoms. The number of fused-ring (bicyclic) bond motifs is 1. The van der Waals surface area contributed by atoms with E-state index >= 15 is 0 Å². The standard InChI is InChI=1S/C34H49N5O5/c1-6-17-38-27(22-25-13-12-24(23-35)21-30(25)38)15-14-26-10-8-19-39(26)31(40)29-11-9-18-37(29)20-16-28(32(41)43-7-2)36-33(42)44-34(3,4)5/h12-13,21-22,26,28-29H,6-11,14-20H2,1-5H3,(H,36,42)/t26-,28-,29+/m0/s1. The number of ether oxygens (including phenoxy) is 2. The van der Waals surface area contributed by atoms with Crippen molar-refractivity contribution in [1.29, 1.82) is 5.26 Å². The van der Waals surface area contributed by atoms with E-state index in [0.29, 0.717) is 18.5 Å².